The molecule has 0 aliphatic carbocycles. The number of hydrogen-bond donors (Lipinski definition) is 1. The number of nitrogens with zero attached hydrogens (tertiary/aromatic N) is 1. The van der Waals surface area contributed by atoms with Gasteiger partial charge in [-0.05, 0) is 81.7 Å². The summed E-state index contributed by atoms with van der Waals surface area (Å²) in [5.74, 6) is 0.704. The Labute approximate surface area is 256 Å². The molecule has 41 heavy (non-hydrogen) atoms. The third-order valence-electron chi connectivity index (χ3n) is 9.98. The van der Waals surface area contributed by atoms with Gasteiger partial charge in [-0.1, -0.05) is 73.5 Å². The van der Waals surface area contributed by atoms with Gasteiger partial charge >= 0.3 is 0 Å². The monoisotopic (exact) mass is 602 g/mol. The maximum absolute atomic E-state index is 14.2. The molecule has 0 unspecified atom stereocenters. The maximum Gasteiger partial charge on any atom is 0.223 e. The van der Waals surface area contributed by atoms with Crippen LogP contribution in [-0.4, -0.2) is 37.1 Å². The molecule has 2 rings (SSSR count). The highest BCUT2D eigenvalue weighted by Gasteiger charge is 2.47. The van der Waals surface area contributed by atoms with Crippen molar-refractivity contribution in [3.05, 3.63) is 33.3 Å². The Morgan fingerprint density at radius 3 is 2.37 bits per heavy atom. The van der Waals surface area contributed by atoms with Crippen LogP contribution in [-0.2, 0) is 14.0 Å². The summed E-state index contributed by atoms with van der Waals surface area (Å²) >= 11 is 1.63. The molecule has 1 aliphatic rings. The molecule has 7 heteroatoms. The van der Waals surface area contributed by atoms with Crippen molar-refractivity contribution in [2.75, 3.05) is 0 Å². The minimum absolute atomic E-state index is 0.0405. The molecule has 1 aliphatic heterocycles. The molecule has 0 fully saturated rings. The largest absolute Gasteiger partial charge is 0.412 e. The van der Waals surface area contributed by atoms with E-state index in [1.807, 2.05) is 20.8 Å². The van der Waals surface area contributed by atoms with Crippen LogP contribution in [0.15, 0.2) is 22.6 Å². The lowest BCUT2D eigenvalue weighted by Gasteiger charge is -2.45. The van der Waals surface area contributed by atoms with Crippen LogP contribution >= 0.6 is 11.3 Å². The first kappa shape index (κ1) is 35.6. The minimum Gasteiger partial charge on any atom is -0.412 e. The van der Waals surface area contributed by atoms with Gasteiger partial charge in [0, 0.05) is 16.7 Å². The number of Topliss-reactive ketones (excluding diaryl/α,β-unsaturated/α-hetero) is 1. The van der Waals surface area contributed by atoms with Crippen LogP contribution in [0.5, 0.6) is 0 Å². The summed E-state index contributed by atoms with van der Waals surface area (Å²) in [6.45, 7) is 27.9. The van der Waals surface area contributed by atoms with E-state index in [4.69, 9.17) is 4.43 Å². The van der Waals surface area contributed by atoms with E-state index < -0.39 is 19.8 Å². The number of allylic oxidation sites excluding steroid dienone is 1. The minimum atomic E-state index is -2.27. The second-order valence-electron chi connectivity index (χ2n) is 14.8. The average Bonchev–Trinajstić information content (AvgIpc) is 3.27. The maximum atomic E-state index is 14.2. The second kappa shape index (κ2) is 14.3. The Morgan fingerprint density at radius 1 is 1.17 bits per heavy atom. The van der Waals surface area contributed by atoms with Gasteiger partial charge in [0.25, 0.3) is 0 Å². The lowest BCUT2D eigenvalue weighted by atomic mass is 9.70. The quantitative estimate of drug-likeness (QED) is 0.276. The van der Waals surface area contributed by atoms with E-state index >= 15 is 0 Å². The Morgan fingerprint density at radius 2 is 1.80 bits per heavy atom. The molecule has 1 aromatic heterocycles. The van der Waals surface area contributed by atoms with Gasteiger partial charge in [0.2, 0.25) is 5.91 Å². The van der Waals surface area contributed by atoms with Gasteiger partial charge < -0.3 is 9.74 Å². The molecular weight excluding hydrogens is 545 g/mol. The molecule has 0 aromatic carbocycles. The lowest BCUT2D eigenvalue weighted by molar-refractivity contribution is -0.140. The van der Waals surface area contributed by atoms with Gasteiger partial charge in [0.15, 0.2) is 8.32 Å². The summed E-state index contributed by atoms with van der Waals surface area (Å²) in [4.78, 5) is 32.6. The molecule has 1 amide bonds. The Kier molecular flexibility index (Phi) is 12.4. The van der Waals surface area contributed by atoms with E-state index in [9.17, 15) is 9.59 Å². The number of thiazole rings is 1. The van der Waals surface area contributed by atoms with Crippen LogP contribution in [0.4, 0.5) is 0 Å². The molecule has 0 bridgehead atoms. The van der Waals surface area contributed by atoms with Crippen molar-refractivity contribution >= 4 is 37.4 Å². The van der Waals surface area contributed by atoms with E-state index in [1.165, 1.54) is 5.57 Å². The SMILES string of the molecule is C/C1=C/C[C@@H](/C(C)=C/c2csc(C)n2)NC(=O)C[C@H](O[Si](C)(C)C(C)(C)C)C(C)(C)C(=O)[C@@H](C)[C@H](C)[C@@H](C)CCC1. The fraction of sp³-hybridized carbons (Fsp3) is 0.735. The van der Waals surface area contributed by atoms with Gasteiger partial charge in [0.05, 0.1) is 29.3 Å². The van der Waals surface area contributed by atoms with Crippen LogP contribution in [0.2, 0.25) is 18.1 Å². The van der Waals surface area contributed by atoms with Crippen molar-refractivity contribution in [1.82, 2.24) is 10.3 Å². The third-order valence-corrected chi connectivity index (χ3v) is 15.3. The molecule has 0 saturated carbocycles. The van der Waals surface area contributed by atoms with Crippen LogP contribution in [0.1, 0.15) is 112 Å². The molecule has 2 heterocycles. The highest BCUT2D eigenvalue weighted by atomic mass is 32.1. The van der Waals surface area contributed by atoms with Crippen molar-refractivity contribution in [3.8, 4) is 0 Å². The number of ketones is 1. The summed E-state index contributed by atoms with van der Waals surface area (Å²) in [7, 11) is -2.27. The summed E-state index contributed by atoms with van der Waals surface area (Å²) in [5, 5.41) is 6.37. The van der Waals surface area contributed by atoms with Crippen LogP contribution in [0.25, 0.3) is 6.08 Å². The van der Waals surface area contributed by atoms with Crippen molar-refractivity contribution in [2.45, 2.75) is 139 Å². The Balaban J connectivity index is 2.53. The van der Waals surface area contributed by atoms with E-state index in [0.29, 0.717) is 5.92 Å². The van der Waals surface area contributed by atoms with Gasteiger partial charge in [-0.3, -0.25) is 9.59 Å². The number of aryl methyl sites for hydroxylation is 1. The zero-order valence-corrected chi connectivity index (χ0v) is 30.1. The van der Waals surface area contributed by atoms with Gasteiger partial charge in [-0.2, -0.15) is 0 Å². The Hall–Kier alpha value is -1.57. The standard InChI is InChI=1S/C34H58N2O3SSi/c1-22-15-14-16-23(2)25(4)26(5)32(38)34(10,11)30(39-41(12,13)33(7,8)9)20-31(37)36-29(18-17-22)24(3)19-28-21-40-27(6)35-28/h17,19,21,23,25-26,29-30H,14-16,18,20H2,1-13H3,(H,36,37)/b22-17-,24-19+/t23-,25+,26-,29-,30-/m0/s1. The van der Waals surface area contributed by atoms with Crippen molar-refractivity contribution in [3.63, 3.8) is 0 Å². The smallest absolute Gasteiger partial charge is 0.223 e. The molecule has 1 aromatic rings. The number of nitrogens with one attached hydrogen (secondary N) is 1. The van der Waals surface area contributed by atoms with Crippen molar-refractivity contribution < 1.29 is 14.0 Å². The first-order chi connectivity index (χ1) is 18.8. The highest BCUT2D eigenvalue weighted by molar-refractivity contribution is 7.09. The number of carbonyl (C=O) groups excluding carboxylic acids is 2. The van der Waals surface area contributed by atoms with Crippen molar-refractivity contribution in [2.24, 2.45) is 23.2 Å². The lowest BCUT2D eigenvalue weighted by Crippen LogP contribution is -2.53. The molecule has 0 radical (unpaired) electrons. The topological polar surface area (TPSA) is 68.3 Å². The number of carbonyl (C=O) groups is 2. The van der Waals surface area contributed by atoms with E-state index in [-0.39, 0.29) is 41.0 Å². The normalized spacial score (nSPS) is 29.5. The number of aromatic nitrogens is 1. The molecular formula is C34H58N2O3SSi. The Bertz CT molecular complexity index is 1110. The number of hydrogen-bond acceptors (Lipinski definition) is 5. The number of rotatable bonds is 4. The van der Waals surface area contributed by atoms with Crippen LogP contribution in [0.3, 0.4) is 0 Å². The van der Waals surface area contributed by atoms with Gasteiger partial charge in [-0.25, -0.2) is 4.98 Å². The zero-order chi connectivity index (χ0) is 31.3. The molecule has 0 saturated heterocycles. The second-order valence-corrected chi connectivity index (χ2v) is 20.6. The summed E-state index contributed by atoms with van der Waals surface area (Å²) in [5.41, 5.74) is 2.54. The fourth-order valence-electron chi connectivity index (χ4n) is 5.40. The first-order valence-corrected chi connectivity index (χ1v) is 19.3. The summed E-state index contributed by atoms with van der Waals surface area (Å²) < 4.78 is 6.95. The van der Waals surface area contributed by atoms with E-state index in [0.717, 1.165) is 42.0 Å². The molecule has 5 atom stereocenters. The third kappa shape index (κ3) is 9.72. The molecule has 1 N–H and O–H groups in total. The molecule has 232 valence electrons. The number of amides is 1. The highest BCUT2D eigenvalue weighted by Crippen LogP contribution is 2.42. The van der Waals surface area contributed by atoms with E-state index in [2.05, 4.69) is 96.3 Å². The van der Waals surface area contributed by atoms with Gasteiger partial charge in [0.1, 0.15) is 5.78 Å². The zero-order valence-electron chi connectivity index (χ0n) is 28.2. The average molecular weight is 603 g/mol. The summed E-state index contributed by atoms with van der Waals surface area (Å²) in [6.07, 6.45) is 7.97. The summed E-state index contributed by atoms with van der Waals surface area (Å²) in [6, 6.07) is -0.155. The van der Waals surface area contributed by atoms with Crippen molar-refractivity contribution in [1.29, 1.82) is 0 Å². The first-order valence-electron chi connectivity index (χ1n) is 15.5. The predicted molar refractivity (Wildman–Crippen MR) is 178 cm³/mol. The van der Waals surface area contributed by atoms with Crippen LogP contribution < -0.4 is 5.32 Å². The predicted octanol–water partition coefficient (Wildman–Crippen LogP) is 9.14. The van der Waals surface area contributed by atoms with E-state index in [1.54, 1.807) is 11.3 Å². The van der Waals surface area contributed by atoms with Gasteiger partial charge in [-0.15, -0.1) is 11.3 Å². The molecule has 5 nitrogen and oxygen atoms in total. The fourth-order valence-corrected chi connectivity index (χ4v) is 7.41. The van der Waals surface area contributed by atoms with Crippen LogP contribution in [0, 0.1) is 30.1 Å². The molecule has 0 spiro atoms.